The van der Waals surface area contributed by atoms with E-state index >= 15 is 0 Å². The summed E-state index contributed by atoms with van der Waals surface area (Å²) in [5.74, 6) is -0.840. The maximum absolute atomic E-state index is 13.9. The normalized spacial score (nSPS) is 26.4. The Bertz CT molecular complexity index is 504. The zero-order valence-corrected chi connectivity index (χ0v) is 11.9. The summed E-state index contributed by atoms with van der Waals surface area (Å²) in [6, 6.07) is 3.11. The molecule has 1 aromatic carbocycles. The van der Waals surface area contributed by atoms with E-state index in [9.17, 15) is 8.78 Å². The second-order valence-electron chi connectivity index (χ2n) is 5.32. The van der Waals surface area contributed by atoms with Crippen LogP contribution in [0.2, 0.25) is 0 Å². The van der Waals surface area contributed by atoms with Gasteiger partial charge in [-0.15, -0.1) is 0 Å². The second-order valence-corrected chi connectivity index (χ2v) is 5.76. The number of nitrogens with one attached hydrogen (secondary N) is 1. The fraction of sp³-hybridized carbons (Fsp3) is 0.500. The highest BCUT2D eigenvalue weighted by molar-refractivity contribution is 7.80. The Morgan fingerprint density at radius 2 is 1.95 bits per heavy atom. The van der Waals surface area contributed by atoms with Crippen molar-refractivity contribution in [1.29, 1.82) is 0 Å². The molecule has 1 aromatic rings. The van der Waals surface area contributed by atoms with E-state index in [4.69, 9.17) is 5.73 Å². The van der Waals surface area contributed by atoms with Crippen molar-refractivity contribution < 1.29 is 8.78 Å². The van der Waals surface area contributed by atoms with Gasteiger partial charge in [0.15, 0.2) is 11.6 Å². The van der Waals surface area contributed by atoms with Crippen LogP contribution >= 0.6 is 12.2 Å². The van der Waals surface area contributed by atoms with Crippen molar-refractivity contribution in [3.05, 3.63) is 29.3 Å². The van der Waals surface area contributed by atoms with Crippen molar-refractivity contribution in [3.8, 4) is 0 Å². The molecule has 0 bridgehead atoms. The molecule has 2 nitrogen and oxygen atoms in total. The summed E-state index contributed by atoms with van der Waals surface area (Å²) < 4.78 is 27.7. The molecule has 0 aromatic heterocycles. The third-order valence-corrected chi connectivity index (χ3v) is 4.37. The molecule has 104 valence electrons. The van der Waals surface area contributed by atoms with E-state index in [0.29, 0.717) is 11.8 Å². The minimum atomic E-state index is -0.976. The summed E-state index contributed by atoms with van der Waals surface area (Å²) in [6.45, 7) is 4.31. The molecule has 0 heterocycles. The van der Waals surface area contributed by atoms with Crippen LogP contribution in [0.25, 0.3) is 0 Å². The minimum absolute atomic E-state index is 0.0501. The summed E-state index contributed by atoms with van der Waals surface area (Å²) in [4.78, 5) is -0.134. The standard InChI is InChI=1S/C14H18F2N2S/c1-7-3-5-10(8(7)2)18-11-6-4-9(14(17)19)12(15)13(11)16/h4,6-8,10,18H,3,5H2,1-2H3,(H2,17,19). The first-order valence-electron chi connectivity index (χ1n) is 6.46. The molecule has 1 fully saturated rings. The van der Waals surface area contributed by atoms with Gasteiger partial charge in [-0.3, -0.25) is 0 Å². The van der Waals surface area contributed by atoms with Crippen molar-refractivity contribution >= 4 is 22.9 Å². The van der Waals surface area contributed by atoms with Gasteiger partial charge < -0.3 is 11.1 Å². The lowest BCUT2D eigenvalue weighted by atomic mass is 9.97. The van der Waals surface area contributed by atoms with Gasteiger partial charge in [-0.2, -0.15) is 0 Å². The Morgan fingerprint density at radius 3 is 2.47 bits per heavy atom. The topological polar surface area (TPSA) is 38.0 Å². The Hall–Kier alpha value is -1.23. The molecule has 1 saturated carbocycles. The third-order valence-electron chi connectivity index (χ3n) is 4.15. The highest BCUT2D eigenvalue weighted by atomic mass is 32.1. The third kappa shape index (κ3) is 2.71. The molecule has 3 unspecified atom stereocenters. The first kappa shape index (κ1) is 14.2. The van der Waals surface area contributed by atoms with Gasteiger partial charge in [0, 0.05) is 11.6 Å². The van der Waals surface area contributed by atoms with Crippen LogP contribution in [0.5, 0.6) is 0 Å². The number of halogens is 2. The van der Waals surface area contributed by atoms with Crippen molar-refractivity contribution in [2.75, 3.05) is 5.32 Å². The number of thiocarbonyl (C=S) groups is 1. The summed E-state index contributed by atoms with van der Waals surface area (Å²) in [5.41, 5.74) is 5.48. The van der Waals surface area contributed by atoms with Gasteiger partial charge in [0.25, 0.3) is 0 Å². The number of anilines is 1. The van der Waals surface area contributed by atoms with Gasteiger partial charge in [0.05, 0.1) is 5.69 Å². The fourth-order valence-electron chi connectivity index (χ4n) is 2.62. The van der Waals surface area contributed by atoms with E-state index < -0.39 is 11.6 Å². The maximum Gasteiger partial charge on any atom is 0.182 e. The number of hydrogen-bond acceptors (Lipinski definition) is 2. The van der Waals surface area contributed by atoms with Crippen LogP contribution in [0.4, 0.5) is 14.5 Å². The molecule has 2 rings (SSSR count). The van der Waals surface area contributed by atoms with E-state index in [1.54, 1.807) is 0 Å². The van der Waals surface area contributed by atoms with Crippen molar-refractivity contribution in [1.82, 2.24) is 0 Å². The predicted octanol–water partition coefficient (Wildman–Crippen LogP) is 3.45. The molecular weight excluding hydrogens is 266 g/mol. The molecule has 0 saturated heterocycles. The SMILES string of the molecule is CC1CCC(Nc2ccc(C(N)=S)c(F)c2F)C1C. The fourth-order valence-corrected chi connectivity index (χ4v) is 2.78. The van der Waals surface area contributed by atoms with Crippen molar-refractivity contribution in [2.24, 2.45) is 17.6 Å². The Kier molecular flexibility index (Phi) is 4.04. The Morgan fingerprint density at radius 1 is 1.26 bits per heavy atom. The van der Waals surface area contributed by atoms with Crippen LogP contribution in [0.15, 0.2) is 12.1 Å². The van der Waals surface area contributed by atoms with Crippen LogP contribution < -0.4 is 11.1 Å². The molecule has 1 aliphatic rings. The molecule has 1 aliphatic carbocycles. The molecule has 0 aliphatic heterocycles. The number of benzene rings is 1. The van der Waals surface area contributed by atoms with Crippen LogP contribution in [0, 0.1) is 23.5 Å². The van der Waals surface area contributed by atoms with Crippen LogP contribution in [0.1, 0.15) is 32.3 Å². The maximum atomic E-state index is 13.9. The largest absolute Gasteiger partial charge is 0.389 e. The lowest BCUT2D eigenvalue weighted by Crippen LogP contribution is -2.25. The predicted molar refractivity (Wildman–Crippen MR) is 77.2 cm³/mol. The number of rotatable bonds is 3. The van der Waals surface area contributed by atoms with Crippen LogP contribution in [-0.2, 0) is 0 Å². The quantitative estimate of drug-likeness (QED) is 0.835. The molecular formula is C14H18F2N2S. The average molecular weight is 284 g/mol. The zero-order valence-electron chi connectivity index (χ0n) is 11.0. The minimum Gasteiger partial charge on any atom is -0.389 e. The molecule has 0 radical (unpaired) electrons. The van der Waals surface area contributed by atoms with Crippen LogP contribution in [0.3, 0.4) is 0 Å². The summed E-state index contributed by atoms with van der Waals surface area (Å²) in [5, 5.41) is 3.10. The monoisotopic (exact) mass is 284 g/mol. The van der Waals surface area contributed by atoms with Crippen molar-refractivity contribution in [3.63, 3.8) is 0 Å². The number of hydrogen-bond donors (Lipinski definition) is 2. The van der Waals surface area contributed by atoms with E-state index in [1.807, 2.05) is 0 Å². The second kappa shape index (κ2) is 5.41. The molecule has 5 heteroatoms. The van der Waals surface area contributed by atoms with E-state index in [0.717, 1.165) is 12.8 Å². The highest BCUT2D eigenvalue weighted by Crippen LogP contribution is 2.34. The smallest absolute Gasteiger partial charge is 0.182 e. The molecule has 0 spiro atoms. The first-order chi connectivity index (χ1) is 8.91. The summed E-state index contributed by atoms with van der Waals surface area (Å²) in [6.07, 6.45) is 2.08. The average Bonchev–Trinajstić information content (AvgIpc) is 2.66. The van der Waals surface area contributed by atoms with E-state index in [1.165, 1.54) is 12.1 Å². The van der Waals surface area contributed by atoms with E-state index in [-0.39, 0.29) is 22.3 Å². The zero-order chi connectivity index (χ0) is 14.2. The summed E-state index contributed by atoms with van der Waals surface area (Å²) >= 11 is 4.68. The Labute approximate surface area is 117 Å². The van der Waals surface area contributed by atoms with Gasteiger partial charge >= 0.3 is 0 Å². The van der Waals surface area contributed by atoms with Gasteiger partial charge in [0.2, 0.25) is 0 Å². The first-order valence-corrected chi connectivity index (χ1v) is 6.87. The molecule has 19 heavy (non-hydrogen) atoms. The molecule has 3 N–H and O–H groups in total. The van der Waals surface area contributed by atoms with Gasteiger partial charge in [-0.05, 0) is 36.8 Å². The van der Waals surface area contributed by atoms with Crippen LogP contribution in [-0.4, -0.2) is 11.0 Å². The van der Waals surface area contributed by atoms with Gasteiger partial charge in [0.1, 0.15) is 4.99 Å². The van der Waals surface area contributed by atoms with Crippen molar-refractivity contribution in [2.45, 2.75) is 32.7 Å². The van der Waals surface area contributed by atoms with E-state index in [2.05, 4.69) is 31.4 Å². The molecule has 0 amide bonds. The van der Waals surface area contributed by atoms with Gasteiger partial charge in [-0.25, -0.2) is 8.78 Å². The highest BCUT2D eigenvalue weighted by Gasteiger charge is 2.30. The lowest BCUT2D eigenvalue weighted by Gasteiger charge is -2.21. The lowest BCUT2D eigenvalue weighted by molar-refractivity contribution is 0.433. The van der Waals surface area contributed by atoms with Gasteiger partial charge in [-0.1, -0.05) is 26.1 Å². The summed E-state index contributed by atoms with van der Waals surface area (Å²) in [7, 11) is 0. The molecule has 3 atom stereocenters. The Balaban J connectivity index is 2.23. The number of nitrogens with two attached hydrogens (primary N) is 1.